The lowest BCUT2D eigenvalue weighted by Gasteiger charge is -2.07. The van der Waals surface area contributed by atoms with Crippen molar-refractivity contribution in [2.45, 2.75) is 0 Å². The summed E-state index contributed by atoms with van der Waals surface area (Å²) in [6.45, 7) is 0. The molecule has 3 heteroatoms. The van der Waals surface area contributed by atoms with Gasteiger partial charge in [0, 0.05) is 28.1 Å². The van der Waals surface area contributed by atoms with Crippen LogP contribution in [0.1, 0.15) is 0 Å². The van der Waals surface area contributed by atoms with Gasteiger partial charge in [0.1, 0.15) is 5.52 Å². The van der Waals surface area contributed by atoms with Gasteiger partial charge in [-0.05, 0) is 41.1 Å². The summed E-state index contributed by atoms with van der Waals surface area (Å²) >= 11 is 0. The lowest BCUT2D eigenvalue weighted by atomic mass is 10.0. The Hall–Kier alpha value is -3.98. The molecular weight excluding hydrogens is 356 g/mol. The minimum Gasteiger partial charge on any atom is -0.435 e. The summed E-state index contributed by atoms with van der Waals surface area (Å²) in [5.41, 5.74) is 4.69. The second-order valence-electron chi connectivity index (χ2n) is 7.12. The van der Waals surface area contributed by atoms with Crippen molar-refractivity contribution in [3.8, 4) is 22.7 Å². The molecule has 0 N–H and O–H groups in total. The van der Waals surface area contributed by atoms with E-state index in [1.807, 2.05) is 48.7 Å². The summed E-state index contributed by atoms with van der Waals surface area (Å²) in [7, 11) is 0. The molecule has 0 aliphatic carbocycles. The van der Waals surface area contributed by atoms with Gasteiger partial charge in [0.05, 0.1) is 5.69 Å². The summed E-state index contributed by atoms with van der Waals surface area (Å²) in [4.78, 5) is 9.37. The third kappa shape index (κ3) is 2.59. The zero-order valence-electron chi connectivity index (χ0n) is 15.5. The Bertz CT molecular complexity index is 1490. The Morgan fingerprint density at radius 2 is 1.41 bits per heavy atom. The van der Waals surface area contributed by atoms with Gasteiger partial charge in [-0.15, -0.1) is 0 Å². The third-order valence-corrected chi connectivity index (χ3v) is 5.34. The van der Waals surface area contributed by atoms with Crippen LogP contribution in [0.3, 0.4) is 0 Å². The van der Waals surface area contributed by atoms with Crippen molar-refractivity contribution < 1.29 is 4.42 Å². The van der Waals surface area contributed by atoms with Gasteiger partial charge in [0.2, 0.25) is 5.89 Å². The van der Waals surface area contributed by atoms with E-state index in [1.165, 1.54) is 5.39 Å². The molecule has 6 aromatic rings. The molecule has 2 aromatic heterocycles. The van der Waals surface area contributed by atoms with E-state index in [2.05, 4.69) is 53.5 Å². The molecule has 0 saturated carbocycles. The van der Waals surface area contributed by atoms with Gasteiger partial charge in [-0.25, -0.2) is 4.98 Å². The summed E-state index contributed by atoms with van der Waals surface area (Å²) in [5, 5.41) is 4.49. The maximum atomic E-state index is 6.21. The van der Waals surface area contributed by atoms with Crippen molar-refractivity contribution in [2.75, 3.05) is 0 Å². The number of nitrogens with zero attached hydrogens (tertiary/aromatic N) is 2. The van der Waals surface area contributed by atoms with Crippen molar-refractivity contribution in [1.82, 2.24) is 9.97 Å². The molecule has 6 rings (SSSR count). The fourth-order valence-electron chi connectivity index (χ4n) is 3.91. The maximum absolute atomic E-state index is 6.21. The summed E-state index contributed by atoms with van der Waals surface area (Å²) < 4.78 is 6.21. The van der Waals surface area contributed by atoms with Crippen LogP contribution in [0, 0.1) is 0 Å². The van der Waals surface area contributed by atoms with E-state index in [9.17, 15) is 0 Å². The minimum absolute atomic E-state index is 0.641. The van der Waals surface area contributed by atoms with E-state index in [4.69, 9.17) is 9.40 Å². The molecule has 0 saturated heterocycles. The van der Waals surface area contributed by atoms with Crippen molar-refractivity contribution in [2.24, 2.45) is 0 Å². The number of hydrogen-bond acceptors (Lipinski definition) is 3. The molecule has 0 fully saturated rings. The SMILES string of the molecule is c1ccc(-c2nc3ccc4ccc(-c5nccc6ccccc56)cc4c3o2)cc1. The Morgan fingerprint density at radius 3 is 2.34 bits per heavy atom. The number of hydrogen-bond donors (Lipinski definition) is 0. The molecule has 29 heavy (non-hydrogen) atoms. The van der Waals surface area contributed by atoms with Crippen LogP contribution in [-0.4, -0.2) is 9.97 Å². The van der Waals surface area contributed by atoms with E-state index in [0.29, 0.717) is 5.89 Å². The Morgan fingerprint density at radius 1 is 0.621 bits per heavy atom. The van der Waals surface area contributed by atoms with Gasteiger partial charge in [0.15, 0.2) is 5.58 Å². The van der Waals surface area contributed by atoms with E-state index in [1.54, 1.807) is 0 Å². The topological polar surface area (TPSA) is 38.9 Å². The van der Waals surface area contributed by atoms with Gasteiger partial charge in [-0.3, -0.25) is 4.98 Å². The highest BCUT2D eigenvalue weighted by Crippen LogP contribution is 2.34. The van der Waals surface area contributed by atoms with Gasteiger partial charge in [-0.2, -0.15) is 0 Å². The highest BCUT2D eigenvalue weighted by atomic mass is 16.3. The van der Waals surface area contributed by atoms with Crippen LogP contribution in [0.4, 0.5) is 0 Å². The van der Waals surface area contributed by atoms with Gasteiger partial charge < -0.3 is 4.42 Å². The average molecular weight is 372 g/mol. The Kier molecular flexibility index (Phi) is 3.47. The molecule has 2 heterocycles. The predicted octanol–water partition coefficient (Wildman–Crippen LogP) is 6.86. The van der Waals surface area contributed by atoms with Gasteiger partial charge >= 0.3 is 0 Å². The van der Waals surface area contributed by atoms with E-state index < -0.39 is 0 Å². The van der Waals surface area contributed by atoms with Crippen LogP contribution in [0.15, 0.2) is 102 Å². The maximum Gasteiger partial charge on any atom is 0.227 e. The number of oxazole rings is 1. The Labute approximate surface area is 167 Å². The van der Waals surface area contributed by atoms with Crippen molar-refractivity contribution >= 4 is 32.6 Å². The standard InChI is InChI=1S/C26H16N2O/c1-2-7-19(8-3-1)26-28-23-13-12-18-10-11-20(16-22(18)25(23)29-26)24-21-9-5-4-6-17(21)14-15-27-24/h1-16H. The molecule has 4 aromatic carbocycles. The normalized spacial score (nSPS) is 11.4. The van der Waals surface area contributed by atoms with Crippen molar-refractivity contribution in [3.05, 3.63) is 97.2 Å². The van der Waals surface area contributed by atoms with Gasteiger partial charge in [0.25, 0.3) is 0 Å². The molecule has 0 spiro atoms. The lowest BCUT2D eigenvalue weighted by Crippen LogP contribution is -1.86. The molecule has 0 atom stereocenters. The zero-order valence-corrected chi connectivity index (χ0v) is 15.5. The van der Waals surface area contributed by atoms with Crippen LogP contribution in [0.2, 0.25) is 0 Å². The molecule has 0 aliphatic rings. The second kappa shape index (κ2) is 6.28. The summed E-state index contributed by atoms with van der Waals surface area (Å²) in [5.74, 6) is 0.641. The Balaban J connectivity index is 1.60. The predicted molar refractivity (Wildman–Crippen MR) is 118 cm³/mol. The van der Waals surface area contributed by atoms with E-state index >= 15 is 0 Å². The fourth-order valence-corrected chi connectivity index (χ4v) is 3.91. The van der Waals surface area contributed by atoms with Crippen LogP contribution in [-0.2, 0) is 0 Å². The van der Waals surface area contributed by atoms with Crippen molar-refractivity contribution in [1.29, 1.82) is 0 Å². The second-order valence-corrected chi connectivity index (χ2v) is 7.12. The van der Waals surface area contributed by atoms with Crippen molar-refractivity contribution in [3.63, 3.8) is 0 Å². The first-order valence-electron chi connectivity index (χ1n) is 9.60. The molecule has 0 amide bonds. The molecule has 0 radical (unpaired) electrons. The van der Waals surface area contributed by atoms with Crippen LogP contribution < -0.4 is 0 Å². The fraction of sp³-hybridized carbons (Fsp3) is 0. The molecular formula is C26H16N2O. The van der Waals surface area contributed by atoms with Gasteiger partial charge in [-0.1, -0.05) is 60.7 Å². The number of benzene rings is 4. The third-order valence-electron chi connectivity index (χ3n) is 5.34. The van der Waals surface area contributed by atoms with E-state index in [-0.39, 0.29) is 0 Å². The smallest absolute Gasteiger partial charge is 0.227 e. The first-order chi connectivity index (χ1) is 14.4. The average Bonchev–Trinajstić information content (AvgIpc) is 3.24. The van der Waals surface area contributed by atoms with E-state index in [0.717, 1.165) is 44.1 Å². The number of aromatic nitrogens is 2. The largest absolute Gasteiger partial charge is 0.435 e. The molecule has 0 unspecified atom stereocenters. The summed E-state index contributed by atoms with van der Waals surface area (Å²) in [6.07, 6.45) is 1.87. The quantitative estimate of drug-likeness (QED) is 0.333. The summed E-state index contributed by atoms with van der Waals surface area (Å²) in [6, 6.07) is 30.9. The number of pyridine rings is 1. The number of rotatable bonds is 2. The first kappa shape index (κ1) is 16.0. The monoisotopic (exact) mass is 372 g/mol. The van der Waals surface area contributed by atoms with Crippen LogP contribution in [0.25, 0.3) is 55.4 Å². The molecule has 0 aliphatic heterocycles. The number of fused-ring (bicyclic) bond motifs is 4. The zero-order chi connectivity index (χ0) is 19.2. The highest BCUT2D eigenvalue weighted by molar-refractivity contribution is 6.06. The first-order valence-corrected chi connectivity index (χ1v) is 9.60. The van der Waals surface area contributed by atoms with Crippen LogP contribution >= 0.6 is 0 Å². The minimum atomic E-state index is 0.641. The highest BCUT2D eigenvalue weighted by Gasteiger charge is 2.13. The molecule has 3 nitrogen and oxygen atoms in total. The molecule has 0 bridgehead atoms. The molecule has 136 valence electrons. The van der Waals surface area contributed by atoms with Crippen LogP contribution in [0.5, 0.6) is 0 Å². The lowest BCUT2D eigenvalue weighted by molar-refractivity contribution is 0.623.